The van der Waals surface area contributed by atoms with Crippen molar-refractivity contribution in [1.82, 2.24) is 0 Å². The fourth-order valence-corrected chi connectivity index (χ4v) is 3.63. The summed E-state index contributed by atoms with van der Waals surface area (Å²) < 4.78 is 38.4. The molecule has 0 saturated carbocycles. The Kier molecular flexibility index (Phi) is 7.19. The van der Waals surface area contributed by atoms with Crippen molar-refractivity contribution in [3.63, 3.8) is 0 Å². The molecular formula is C20H12ClF3N4O4S. The van der Waals surface area contributed by atoms with Crippen LogP contribution in [0.5, 0.6) is 0 Å². The van der Waals surface area contributed by atoms with Gasteiger partial charge in [-0.25, -0.2) is 0 Å². The smallest absolute Gasteiger partial charge is 0.272 e. The molecule has 170 valence electrons. The zero-order valence-corrected chi connectivity index (χ0v) is 17.8. The van der Waals surface area contributed by atoms with Gasteiger partial charge in [0, 0.05) is 27.6 Å². The minimum Gasteiger partial charge on any atom is -0.272 e. The zero-order valence-electron chi connectivity index (χ0n) is 16.2. The van der Waals surface area contributed by atoms with Gasteiger partial charge in [0.2, 0.25) is 0 Å². The van der Waals surface area contributed by atoms with Crippen molar-refractivity contribution in [2.24, 2.45) is 5.10 Å². The van der Waals surface area contributed by atoms with Crippen molar-refractivity contribution in [3.8, 4) is 0 Å². The Balaban J connectivity index is 1.81. The molecule has 3 aromatic rings. The molecule has 3 aromatic carbocycles. The average molecular weight is 497 g/mol. The number of rotatable bonds is 7. The van der Waals surface area contributed by atoms with Gasteiger partial charge >= 0.3 is 6.18 Å². The van der Waals surface area contributed by atoms with Crippen molar-refractivity contribution >= 4 is 46.6 Å². The maximum atomic E-state index is 12.8. The maximum Gasteiger partial charge on any atom is 0.416 e. The molecule has 1 N–H and O–H groups in total. The summed E-state index contributed by atoms with van der Waals surface area (Å²) in [5.41, 5.74) is 0.144. The minimum absolute atomic E-state index is 0.195. The van der Waals surface area contributed by atoms with Gasteiger partial charge in [0.15, 0.2) is 0 Å². The van der Waals surface area contributed by atoms with E-state index in [2.05, 4.69) is 10.5 Å². The molecule has 3 rings (SSSR count). The number of alkyl halides is 3. The molecule has 0 aromatic heterocycles. The highest BCUT2D eigenvalue weighted by Gasteiger charge is 2.33. The van der Waals surface area contributed by atoms with Crippen LogP contribution < -0.4 is 5.43 Å². The summed E-state index contributed by atoms with van der Waals surface area (Å²) in [6.07, 6.45) is -3.58. The summed E-state index contributed by atoms with van der Waals surface area (Å²) in [5.74, 6) is 0. The summed E-state index contributed by atoms with van der Waals surface area (Å²) in [5, 5.41) is 26.9. The SMILES string of the molecule is O=[N+]([O-])c1cc(C(F)(F)F)ccc1N/N=C/c1ccc(Sc2ccc(Cl)cc2)c([N+](=O)[O-])c1. The molecule has 0 spiro atoms. The molecule has 0 saturated heterocycles. The Morgan fingerprint density at radius 2 is 1.61 bits per heavy atom. The van der Waals surface area contributed by atoms with Crippen LogP contribution in [-0.4, -0.2) is 16.1 Å². The van der Waals surface area contributed by atoms with Gasteiger partial charge in [0.1, 0.15) is 5.69 Å². The number of anilines is 1. The van der Waals surface area contributed by atoms with Crippen LogP contribution in [0.4, 0.5) is 30.2 Å². The summed E-state index contributed by atoms with van der Waals surface area (Å²) in [6, 6.07) is 13.0. The quantitative estimate of drug-likeness (QED) is 0.219. The van der Waals surface area contributed by atoms with Crippen LogP contribution in [0.1, 0.15) is 11.1 Å². The minimum atomic E-state index is -4.74. The number of nitrogens with zero attached hydrogens (tertiary/aromatic N) is 3. The first kappa shape index (κ1) is 24.0. The van der Waals surface area contributed by atoms with Crippen LogP contribution in [0.3, 0.4) is 0 Å². The molecule has 0 aliphatic rings. The molecule has 0 fully saturated rings. The molecule has 0 amide bonds. The molecule has 0 bridgehead atoms. The van der Waals surface area contributed by atoms with Crippen LogP contribution in [0, 0.1) is 20.2 Å². The fourth-order valence-electron chi connectivity index (χ4n) is 2.60. The summed E-state index contributed by atoms with van der Waals surface area (Å²) in [4.78, 5) is 22.2. The first-order chi connectivity index (χ1) is 15.5. The van der Waals surface area contributed by atoms with E-state index in [1.54, 1.807) is 24.3 Å². The van der Waals surface area contributed by atoms with Crippen LogP contribution in [0.25, 0.3) is 0 Å². The number of hydrazone groups is 1. The number of hydrogen-bond donors (Lipinski definition) is 1. The predicted molar refractivity (Wildman–Crippen MR) is 118 cm³/mol. The second kappa shape index (κ2) is 9.88. The number of nitro benzene ring substituents is 2. The summed E-state index contributed by atoms with van der Waals surface area (Å²) >= 11 is 7.00. The second-order valence-electron chi connectivity index (χ2n) is 6.40. The van der Waals surface area contributed by atoms with Gasteiger partial charge in [0.05, 0.1) is 26.5 Å². The molecule has 0 atom stereocenters. The fraction of sp³-hybridized carbons (Fsp3) is 0.0500. The number of benzene rings is 3. The molecule has 8 nitrogen and oxygen atoms in total. The first-order valence-electron chi connectivity index (χ1n) is 8.91. The van der Waals surface area contributed by atoms with Crippen molar-refractivity contribution in [2.45, 2.75) is 16.0 Å². The van der Waals surface area contributed by atoms with Gasteiger partial charge in [0.25, 0.3) is 11.4 Å². The Hall–Kier alpha value is -3.64. The number of nitrogens with one attached hydrogen (secondary N) is 1. The molecular weight excluding hydrogens is 485 g/mol. The van der Waals surface area contributed by atoms with Crippen molar-refractivity contribution in [1.29, 1.82) is 0 Å². The lowest BCUT2D eigenvalue weighted by molar-refractivity contribution is -0.387. The van der Waals surface area contributed by atoms with Gasteiger partial charge in [-0.05, 0) is 42.5 Å². The van der Waals surface area contributed by atoms with E-state index in [9.17, 15) is 33.4 Å². The number of hydrogen-bond acceptors (Lipinski definition) is 7. The van der Waals surface area contributed by atoms with Crippen LogP contribution in [-0.2, 0) is 6.18 Å². The number of halogens is 4. The molecule has 0 unspecified atom stereocenters. The molecule has 0 aliphatic heterocycles. The highest BCUT2D eigenvalue weighted by atomic mass is 35.5. The Morgan fingerprint density at radius 3 is 2.21 bits per heavy atom. The number of nitro groups is 2. The van der Waals surface area contributed by atoms with Gasteiger partial charge in [-0.2, -0.15) is 18.3 Å². The Bertz CT molecular complexity index is 1240. The molecule has 33 heavy (non-hydrogen) atoms. The lowest BCUT2D eigenvalue weighted by Crippen LogP contribution is -2.06. The Morgan fingerprint density at radius 1 is 0.939 bits per heavy atom. The van der Waals surface area contributed by atoms with E-state index in [1.165, 1.54) is 18.2 Å². The topological polar surface area (TPSA) is 111 Å². The first-order valence-corrected chi connectivity index (χ1v) is 10.1. The highest BCUT2D eigenvalue weighted by Crippen LogP contribution is 2.36. The summed E-state index contributed by atoms with van der Waals surface area (Å²) in [7, 11) is 0. The third-order valence-corrected chi connectivity index (χ3v) is 5.47. The zero-order chi connectivity index (χ0) is 24.2. The average Bonchev–Trinajstić information content (AvgIpc) is 2.75. The van der Waals surface area contributed by atoms with E-state index in [-0.39, 0.29) is 11.4 Å². The van der Waals surface area contributed by atoms with Gasteiger partial charge < -0.3 is 0 Å². The van der Waals surface area contributed by atoms with E-state index in [1.807, 2.05) is 0 Å². The highest BCUT2D eigenvalue weighted by molar-refractivity contribution is 7.99. The standard InChI is InChI=1S/C20H12ClF3N4O4S/c21-14-3-5-15(6-4-14)33-19-8-1-12(9-18(19)28(31)32)11-25-26-16-7-2-13(20(22,23)24)10-17(16)27(29)30/h1-11,26H/b25-11+. The molecule has 13 heteroatoms. The maximum absolute atomic E-state index is 12.8. The molecule has 0 aliphatic carbocycles. The largest absolute Gasteiger partial charge is 0.416 e. The third-order valence-electron chi connectivity index (χ3n) is 4.14. The predicted octanol–water partition coefficient (Wildman–Crippen LogP) is 6.77. The summed E-state index contributed by atoms with van der Waals surface area (Å²) in [6.45, 7) is 0. The van der Waals surface area contributed by atoms with E-state index in [0.717, 1.165) is 28.9 Å². The lowest BCUT2D eigenvalue weighted by atomic mass is 10.1. The van der Waals surface area contributed by atoms with Crippen molar-refractivity contribution in [3.05, 3.63) is 97.0 Å². The van der Waals surface area contributed by atoms with Crippen molar-refractivity contribution in [2.75, 3.05) is 5.43 Å². The second-order valence-corrected chi connectivity index (χ2v) is 7.95. The van der Waals surface area contributed by atoms with E-state index < -0.39 is 27.3 Å². The molecule has 0 heterocycles. The third kappa shape index (κ3) is 6.20. The van der Waals surface area contributed by atoms with Gasteiger partial charge in [-0.1, -0.05) is 29.4 Å². The monoisotopic (exact) mass is 496 g/mol. The van der Waals surface area contributed by atoms with E-state index >= 15 is 0 Å². The van der Waals surface area contributed by atoms with E-state index in [4.69, 9.17) is 11.6 Å². The normalized spacial score (nSPS) is 11.5. The van der Waals surface area contributed by atoms with Crippen LogP contribution in [0.2, 0.25) is 5.02 Å². The van der Waals surface area contributed by atoms with Gasteiger partial charge in [-0.3, -0.25) is 25.7 Å². The molecule has 0 radical (unpaired) electrons. The van der Waals surface area contributed by atoms with E-state index in [0.29, 0.717) is 27.6 Å². The van der Waals surface area contributed by atoms with Crippen LogP contribution in [0.15, 0.2) is 75.6 Å². The van der Waals surface area contributed by atoms with Crippen molar-refractivity contribution < 1.29 is 23.0 Å². The Labute approximate surface area is 193 Å². The lowest BCUT2D eigenvalue weighted by Gasteiger charge is -2.08. The van der Waals surface area contributed by atoms with Crippen LogP contribution >= 0.6 is 23.4 Å². The van der Waals surface area contributed by atoms with Gasteiger partial charge in [-0.15, -0.1) is 0 Å².